The Bertz CT molecular complexity index is 1950. The van der Waals surface area contributed by atoms with Crippen molar-refractivity contribution in [2.75, 3.05) is 23.3 Å². The molecule has 4 aromatic rings. The maximum Gasteiger partial charge on any atom is 0.248 e. The van der Waals surface area contributed by atoms with E-state index in [0.717, 1.165) is 61.7 Å². The summed E-state index contributed by atoms with van der Waals surface area (Å²) < 4.78 is 0. The van der Waals surface area contributed by atoms with E-state index in [1.807, 2.05) is 23.1 Å². The number of hydrogen-bond acceptors (Lipinski definition) is 4. The van der Waals surface area contributed by atoms with Gasteiger partial charge in [0.2, 0.25) is 11.8 Å². The van der Waals surface area contributed by atoms with Gasteiger partial charge in [-0.15, -0.1) is 0 Å². The molecule has 2 saturated carbocycles. The van der Waals surface area contributed by atoms with Crippen LogP contribution in [0.15, 0.2) is 88.8 Å². The molecule has 0 bridgehead atoms. The minimum atomic E-state index is -0.102. The van der Waals surface area contributed by atoms with Gasteiger partial charge in [0.05, 0.1) is 29.3 Å². The van der Waals surface area contributed by atoms with Gasteiger partial charge in [0, 0.05) is 22.3 Å². The second-order valence-electron chi connectivity index (χ2n) is 13.0. The van der Waals surface area contributed by atoms with Gasteiger partial charge in [-0.1, -0.05) is 54.6 Å². The number of nitrogens with one attached hydrogen (secondary N) is 1. The van der Waals surface area contributed by atoms with Crippen LogP contribution in [-0.2, 0) is 16.1 Å². The molecule has 0 unspecified atom stereocenters. The zero-order valence-electron chi connectivity index (χ0n) is 25.8. The second kappa shape index (κ2) is 11.0. The Morgan fingerprint density at radius 1 is 0.689 bits per heavy atom. The average Bonchev–Trinajstić information content (AvgIpc) is 3.93. The van der Waals surface area contributed by atoms with Crippen molar-refractivity contribution in [3.8, 4) is 0 Å². The smallest absolute Gasteiger partial charge is 0.248 e. The first kappa shape index (κ1) is 27.7. The standard InChI is InChI=1S/C39H36N4O2/c1-23-5-3-4-6-30(23)39-33-19-29(27-10-11-27)13-16-35(33)43(37(45)21-41-39)22-25-7-14-31(24(2)17-25)38-32-18-28(26-8-9-26)12-15-34(32)42-36(44)20-40-38/h3-7,12-19,26-27H,8-11,20-22H2,1-2H3,(H,42,44). The molecule has 224 valence electrons. The van der Waals surface area contributed by atoms with Crippen LogP contribution in [0.3, 0.4) is 0 Å². The lowest BCUT2D eigenvalue weighted by molar-refractivity contribution is -0.117. The van der Waals surface area contributed by atoms with Crippen LogP contribution in [0, 0.1) is 13.8 Å². The van der Waals surface area contributed by atoms with E-state index in [1.165, 1.54) is 36.8 Å². The Hall–Kier alpha value is -4.84. The van der Waals surface area contributed by atoms with Gasteiger partial charge in [-0.05, 0) is 103 Å². The Morgan fingerprint density at radius 2 is 1.36 bits per heavy atom. The van der Waals surface area contributed by atoms with Crippen molar-refractivity contribution >= 4 is 34.6 Å². The van der Waals surface area contributed by atoms with Crippen LogP contribution in [0.1, 0.15) is 87.6 Å². The van der Waals surface area contributed by atoms with Crippen LogP contribution in [0.4, 0.5) is 11.4 Å². The van der Waals surface area contributed by atoms with E-state index < -0.39 is 0 Å². The number of aryl methyl sites for hydroxylation is 2. The van der Waals surface area contributed by atoms with E-state index in [1.54, 1.807) is 0 Å². The Balaban J connectivity index is 1.15. The zero-order valence-corrected chi connectivity index (χ0v) is 25.8. The number of aliphatic imine (C=N–C) groups is 2. The van der Waals surface area contributed by atoms with E-state index >= 15 is 0 Å². The number of nitrogens with zero attached hydrogens (tertiary/aromatic N) is 3. The summed E-state index contributed by atoms with van der Waals surface area (Å²) in [5.41, 5.74) is 13.4. The van der Waals surface area contributed by atoms with E-state index in [2.05, 4.69) is 79.8 Å². The third kappa shape index (κ3) is 5.28. The fourth-order valence-electron chi connectivity index (χ4n) is 6.81. The van der Waals surface area contributed by atoms with Crippen LogP contribution >= 0.6 is 0 Å². The number of benzodiazepines with no additional fused rings is 2. The van der Waals surface area contributed by atoms with Crippen molar-refractivity contribution in [2.45, 2.75) is 57.9 Å². The van der Waals surface area contributed by atoms with Gasteiger partial charge in [0.15, 0.2) is 0 Å². The van der Waals surface area contributed by atoms with Gasteiger partial charge in [-0.3, -0.25) is 19.6 Å². The number of benzene rings is 4. The monoisotopic (exact) mass is 592 g/mol. The summed E-state index contributed by atoms with van der Waals surface area (Å²) in [5, 5.41) is 3.04. The molecule has 0 saturated heterocycles. The van der Waals surface area contributed by atoms with Crippen molar-refractivity contribution in [3.63, 3.8) is 0 Å². The number of fused-ring (bicyclic) bond motifs is 2. The van der Waals surface area contributed by atoms with E-state index in [-0.39, 0.29) is 24.9 Å². The molecule has 2 aliphatic carbocycles. The number of anilines is 2. The number of rotatable bonds is 6. The first-order valence-electron chi connectivity index (χ1n) is 16.1. The molecule has 0 radical (unpaired) electrons. The number of hydrogen-bond donors (Lipinski definition) is 1. The molecule has 6 nitrogen and oxygen atoms in total. The van der Waals surface area contributed by atoms with Gasteiger partial charge in [-0.2, -0.15) is 0 Å². The summed E-state index contributed by atoms with van der Waals surface area (Å²) in [6.07, 6.45) is 4.85. The quantitative estimate of drug-likeness (QED) is 0.257. The molecule has 0 spiro atoms. The number of carbonyl (C=O) groups excluding carboxylic acids is 2. The molecule has 45 heavy (non-hydrogen) atoms. The Morgan fingerprint density at radius 3 is 2.09 bits per heavy atom. The zero-order chi connectivity index (χ0) is 30.7. The summed E-state index contributed by atoms with van der Waals surface area (Å²) in [6.45, 7) is 4.83. The highest BCUT2D eigenvalue weighted by atomic mass is 16.2. The highest BCUT2D eigenvalue weighted by molar-refractivity contribution is 6.21. The van der Waals surface area contributed by atoms with Gasteiger partial charge in [-0.25, -0.2) is 0 Å². The van der Waals surface area contributed by atoms with Gasteiger partial charge in [0.25, 0.3) is 0 Å². The fraction of sp³-hybridized carbons (Fsp3) is 0.282. The average molecular weight is 593 g/mol. The molecule has 4 aromatic carbocycles. The van der Waals surface area contributed by atoms with Crippen LogP contribution in [0.2, 0.25) is 0 Å². The lowest BCUT2D eigenvalue weighted by Gasteiger charge is -2.24. The van der Waals surface area contributed by atoms with Crippen LogP contribution in [0.5, 0.6) is 0 Å². The fourth-order valence-corrected chi connectivity index (χ4v) is 6.81. The first-order chi connectivity index (χ1) is 21.9. The van der Waals surface area contributed by atoms with E-state index in [4.69, 9.17) is 9.98 Å². The topological polar surface area (TPSA) is 74.1 Å². The molecule has 2 amide bonds. The molecular weight excluding hydrogens is 556 g/mol. The highest BCUT2D eigenvalue weighted by Gasteiger charge is 2.30. The van der Waals surface area contributed by atoms with Gasteiger partial charge in [0.1, 0.15) is 13.1 Å². The van der Waals surface area contributed by atoms with Crippen molar-refractivity contribution in [2.24, 2.45) is 9.98 Å². The summed E-state index contributed by atoms with van der Waals surface area (Å²) in [5.74, 6) is 1.08. The van der Waals surface area contributed by atoms with Crippen LogP contribution in [0.25, 0.3) is 0 Å². The van der Waals surface area contributed by atoms with Crippen molar-refractivity contribution in [1.29, 1.82) is 0 Å². The number of amides is 2. The lowest BCUT2D eigenvalue weighted by Crippen LogP contribution is -2.32. The highest BCUT2D eigenvalue weighted by Crippen LogP contribution is 2.43. The molecule has 4 aliphatic rings. The normalized spacial score (nSPS) is 17.9. The van der Waals surface area contributed by atoms with Gasteiger partial charge < -0.3 is 10.2 Å². The summed E-state index contributed by atoms with van der Waals surface area (Å²) in [4.78, 5) is 37.8. The maximum atomic E-state index is 13.7. The molecule has 0 atom stereocenters. The minimum Gasteiger partial charge on any atom is -0.324 e. The first-order valence-corrected chi connectivity index (χ1v) is 16.1. The summed E-state index contributed by atoms with van der Waals surface area (Å²) in [6, 6.07) is 27.6. The van der Waals surface area contributed by atoms with Crippen LogP contribution in [-0.4, -0.2) is 36.3 Å². The van der Waals surface area contributed by atoms with Gasteiger partial charge >= 0.3 is 0 Å². The van der Waals surface area contributed by atoms with Crippen molar-refractivity contribution < 1.29 is 9.59 Å². The SMILES string of the molecule is Cc1cc(CN2C(=O)CN=C(c3ccccc3C)c3cc(C4CC4)ccc32)ccc1C1=NCC(=O)Nc2ccc(C3CC3)cc21. The predicted octanol–water partition coefficient (Wildman–Crippen LogP) is 7.23. The third-order valence-corrected chi connectivity index (χ3v) is 9.58. The van der Waals surface area contributed by atoms with Crippen LogP contribution < -0.4 is 10.2 Å². The molecule has 8 rings (SSSR count). The Labute approximate surface area is 263 Å². The molecular formula is C39H36N4O2. The largest absolute Gasteiger partial charge is 0.324 e. The van der Waals surface area contributed by atoms with Crippen molar-refractivity contribution in [1.82, 2.24) is 0 Å². The molecule has 0 aromatic heterocycles. The maximum absolute atomic E-state index is 13.7. The molecule has 1 N–H and O–H groups in total. The minimum absolute atomic E-state index is 0.0139. The lowest BCUT2D eigenvalue weighted by atomic mass is 9.93. The molecule has 2 aliphatic heterocycles. The van der Waals surface area contributed by atoms with E-state index in [0.29, 0.717) is 18.4 Å². The molecule has 2 heterocycles. The second-order valence-corrected chi connectivity index (χ2v) is 13.0. The predicted molar refractivity (Wildman–Crippen MR) is 180 cm³/mol. The number of carbonyl (C=O) groups is 2. The van der Waals surface area contributed by atoms with E-state index in [9.17, 15) is 9.59 Å². The van der Waals surface area contributed by atoms with Crippen molar-refractivity contribution in [3.05, 3.63) is 129 Å². The Kier molecular flexibility index (Phi) is 6.74. The molecule has 6 heteroatoms. The molecule has 2 fully saturated rings. The summed E-state index contributed by atoms with van der Waals surface area (Å²) in [7, 11) is 0. The third-order valence-electron chi connectivity index (χ3n) is 9.58. The summed E-state index contributed by atoms with van der Waals surface area (Å²) >= 11 is 0.